The van der Waals surface area contributed by atoms with Gasteiger partial charge in [0.15, 0.2) is 0 Å². The molecule has 2 heterocycles. The minimum Gasteiger partial charge on any atom is -0.423 e. The molecule has 0 fully saturated rings. The highest BCUT2D eigenvalue weighted by Gasteiger charge is 2.39. The van der Waals surface area contributed by atoms with Crippen molar-refractivity contribution in [2.45, 2.75) is 61.1 Å². The minimum atomic E-state index is -1.06. The van der Waals surface area contributed by atoms with Gasteiger partial charge in [-0.15, -0.1) is 0 Å². The molecule has 170 valence electrons. The Morgan fingerprint density at radius 2 is 1.78 bits per heavy atom. The summed E-state index contributed by atoms with van der Waals surface area (Å²) in [5, 5.41) is 11.4. The van der Waals surface area contributed by atoms with E-state index in [2.05, 4.69) is 15.4 Å². The zero-order valence-corrected chi connectivity index (χ0v) is 19.8. The summed E-state index contributed by atoms with van der Waals surface area (Å²) in [5.41, 5.74) is 5.54. The molecule has 1 aliphatic heterocycles. The number of hydrogen-bond acceptors (Lipinski definition) is 6. The van der Waals surface area contributed by atoms with Gasteiger partial charge < -0.3 is 9.68 Å². The number of fused-ring (bicyclic) bond motifs is 1. The van der Waals surface area contributed by atoms with E-state index in [1.807, 2.05) is 34.6 Å². The average Bonchev–Trinajstić information content (AvgIpc) is 3.05. The van der Waals surface area contributed by atoms with Gasteiger partial charge in [0, 0.05) is 17.0 Å². The lowest BCUT2D eigenvalue weighted by Gasteiger charge is -2.42. The lowest BCUT2D eigenvalue weighted by atomic mass is 9.78. The second-order valence-corrected chi connectivity index (χ2v) is 9.72. The Morgan fingerprint density at radius 3 is 2.34 bits per heavy atom. The van der Waals surface area contributed by atoms with Gasteiger partial charge in [-0.05, 0) is 54.4 Å². The van der Waals surface area contributed by atoms with E-state index in [1.54, 1.807) is 38.1 Å². The molecule has 2 N–H and O–H groups in total. The standard InChI is InChI=1S/C23H31BN4O4/c1-13(2)19(23(5,6)7)28(22(30)20-25-14(3)10-15(4)26-20)27-21(29)16-8-9-17-12-32-24(31)18(17)11-16/h8-11,13,19,31H,12H2,1-7H3,(H,27,29)/t19-/m1/s1. The monoisotopic (exact) mass is 438 g/mol. The maximum Gasteiger partial charge on any atom is 0.491 e. The van der Waals surface area contributed by atoms with Crippen LogP contribution in [0.3, 0.4) is 0 Å². The predicted octanol–water partition coefficient (Wildman–Crippen LogP) is 2.17. The van der Waals surface area contributed by atoms with Gasteiger partial charge in [0.2, 0.25) is 5.82 Å². The van der Waals surface area contributed by atoms with Crippen LogP contribution in [0.4, 0.5) is 0 Å². The maximum atomic E-state index is 13.6. The first-order valence-electron chi connectivity index (χ1n) is 10.8. The van der Waals surface area contributed by atoms with Crippen LogP contribution >= 0.6 is 0 Å². The number of carbonyl (C=O) groups is 2. The first-order chi connectivity index (χ1) is 14.9. The lowest BCUT2D eigenvalue weighted by molar-refractivity contribution is 0.0157. The Hall–Kier alpha value is -2.78. The summed E-state index contributed by atoms with van der Waals surface area (Å²) in [5.74, 6) is -0.848. The summed E-state index contributed by atoms with van der Waals surface area (Å²) >= 11 is 0. The smallest absolute Gasteiger partial charge is 0.423 e. The molecule has 32 heavy (non-hydrogen) atoms. The van der Waals surface area contributed by atoms with Crippen LogP contribution in [0.15, 0.2) is 24.3 Å². The molecule has 0 aliphatic carbocycles. The summed E-state index contributed by atoms with van der Waals surface area (Å²) in [6.45, 7) is 14.0. The first-order valence-corrected chi connectivity index (χ1v) is 10.8. The number of hydrogen-bond donors (Lipinski definition) is 2. The van der Waals surface area contributed by atoms with E-state index in [4.69, 9.17) is 4.65 Å². The number of rotatable bonds is 4. The van der Waals surface area contributed by atoms with Crippen LogP contribution in [0.1, 0.15) is 72.5 Å². The number of aryl methyl sites for hydroxylation is 2. The van der Waals surface area contributed by atoms with Gasteiger partial charge in [-0.2, -0.15) is 0 Å². The topological polar surface area (TPSA) is 105 Å². The molecule has 2 amide bonds. The van der Waals surface area contributed by atoms with E-state index in [0.29, 0.717) is 29.0 Å². The van der Waals surface area contributed by atoms with Crippen molar-refractivity contribution in [1.29, 1.82) is 0 Å². The van der Waals surface area contributed by atoms with Gasteiger partial charge in [0.05, 0.1) is 12.6 Å². The molecule has 1 atom stereocenters. The normalized spacial score (nSPS) is 14.3. The summed E-state index contributed by atoms with van der Waals surface area (Å²) < 4.78 is 5.21. The molecule has 0 radical (unpaired) electrons. The van der Waals surface area contributed by atoms with Gasteiger partial charge in [0.1, 0.15) is 0 Å². The van der Waals surface area contributed by atoms with Crippen molar-refractivity contribution in [3.05, 3.63) is 52.6 Å². The molecule has 8 nitrogen and oxygen atoms in total. The molecule has 0 spiro atoms. The summed E-state index contributed by atoms with van der Waals surface area (Å²) in [4.78, 5) is 35.4. The van der Waals surface area contributed by atoms with Gasteiger partial charge in [0.25, 0.3) is 5.91 Å². The first kappa shape index (κ1) is 23.9. The van der Waals surface area contributed by atoms with E-state index in [0.717, 1.165) is 5.56 Å². The van der Waals surface area contributed by atoms with Crippen LogP contribution in [0.2, 0.25) is 0 Å². The second kappa shape index (κ2) is 9.00. The fraction of sp³-hybridized carbons (Fsp3) is 0.478. The van der Waals surface area contributed by atoms with Crippen molar-refractivity contribution in [1.82, 2.24) is 20.4 Å². The predicted molar refractivity (Wildman–Crippen MR) is 122 cm³/mol. The number of nitrogens with zero attached hydrogens (tertiary/aromatic N) is 3. The second-order valence-electron chi connectivity index (χ2n) is 9.72. The Labute approximate surface area is 189 Å². The molecule has 1 aliphatic rings. The SMILES string of the molecule is Cc1cc(C)nc(C(=O)N(NC(=O)c2ccc3c(c2)B(O)OC3)[C@H](C(C)C)C(C)(C)C)n1. The van der Waals surface area contributed by atoms with E-state index in [9.17, 15) is 14.6 Å². The zero-order valence-electron chi connectivity index (χ0n) is 19.8. The molecular formula is C23H31BN4O4. The van der Waals surface area contributed by atoms with Crippen molar-refractivity contribution < 1.29 is 19.3 Å². The van der Waals surface area contributed by atoms with Crippen molar-refractivity contribution in [2.75, 3.05) is 0 Å². The Bertz CT molecular complexity index is 1010. The highest BCUT2D eigenvalue weighted by molar-refractivity contribution is 6.61. The van der Waals surface area contributed by atoms with Gasteiger partial charge in [-0.25, -0.2) is 15.0 Å². The number of hydrazine groups is 1. The van der Waals surface area contributed by atoms with E-state index in [-0.39, 0.29) is 23.2 Å². The largest absolute Gasteiger partial charge is 0.491 e. The molecule has 0 unspecified atom stereocenters. The zero-order chi connectivity index (χ0) is 23.8. The summed E-state index contributed by atoms with van der Waals surface area (Å²) in [6.07, 6.45) is 0. The van der Waals surface area contributed by atoms with Crippen molar-refractivity contribution in [3.8, 4) is 0 Å². The number of amides is 2. The molecular weight excluding hydrogens is 407 g/mol. The molecule has 0 saturated carbocycles. The highest BCUT2D eigenvalue weighted by Crippen LogP contribution is 2.30. The third-order valence-electron chi connectivity index (χ3n) is 5.48. The molecule has 3 rings (SSSR count). The van der Waals surface area contributed by atoms with E-state index < -0.39 is 18.9 Å². The number of nitrogens with one attached hydrogen (secondary N) is 1. The summed E-state index contributed by atoms with van der Waals surface area (Å²) in [6, 6.07) is 6.48. The van der Waals surface area contributed by atoms with Gasteiger partial charge >= 0.3 is 13.0 Å². The highest BCUT2D eigenvalue weighted by atomic mass is 16.5. The van der Waals surface area contributed by atoms with Crippen LogP contribution < -0.4 is 10.9 Å². The molecule has 2 aromatic rings. The van der Waals surface area contributed by atoms with Crippen molar-refractivity contribution in [2.24, 2.45) is 11.3 Å². The maximum absolute atomic E-state index is 13.6. The van der Waals surface area contributed by atoms with Crippen LogP contribution in [0, 0.1) is 25.2 Å². The van der Waals surface area contributed by atoms with Gasteiger partial charge in [-0.3, -0.25) is 15.0 Å². The van der Waals surface area contributed by atoms with E-state index in [1.165, 1.54) is 5.01 Å². The van der Waals surface area contributed by atoms with Crippen LogP contribution in [0.5, 0.6) is 0 Å². The van der Waals surface area contributed by atoms with Gasteiger partial charge in [-0.1, -0.05) is 40.7 Å². The molecule has 0 bridgehead atoms. The van der Waals surface area contributed by atoms with Crippen LogP contribution in [-0.4, -0.2) is 45.0 Å². The van der Waals surface area contributed by atoms with Crippen molar-refractivity contribution in [3.63, 3.8) is 0 Å². The van der Waals surface area contributed by atoms with Crippen LogP contribution in [0.25, 0.3) is 0 Å². The fourth-order valence-corrected chi connectivity index (χ4v) is 4.39. The third kappa shape index (κ3) is 5.00. The number of carbonyl (C=O) groups excluding carboxylic acids is 2. The molecule has 1 aromatic carbocycles. The Balaban J connectivity index is 1.99. The quantitative estimate of drug-likeness (QED) is 0.560. The fourth-order valence-electron chi connectivity index (χ4n) is 4.39. The number of benzene rings is 1. The Morgan fingerprint density at radius 1 is 1.16 bits per heavy atom. The summed E-state index contributed by atoms with van der Waals surface area (Å²) in [7, 11) is -1.06. The molecule has 9 heteroatoms. The third-order valence-corrected chi connectivity index (χ3v) is 5.48. The van der Waals surface area contributed by atoms with E-state index >= 15 is 0 Å². The number of aromatic nitrogens is 2. The Kier molecular flexibility index (Phi) is 6.71. The molecule has 0 saturated heterocycles. The van der Waals surface area contributed by atoms with Crippen molar-refractivity contribution >= 4 is 24.4 Å². The lowest BCUT2D eigenvalue weighted by Crippen LogP contribution is -2.58. The minimum absolute atomic E-state index is 0.0375. The average molecular weight is 438 g/mol. The molecule has 1 aromatic heterocycles. The van der Waals surface area contributed by atoms with Crippen LogP contribution in [-0.2, 0) is 11.3 Å².